The Labute approximate surface area is 127 Å². The second-order valence-corrected chi connectivity index (χ2v) is 4.79. The van der Waals surface area contributed by atoms with Crippen molar-refractivity contribution in [2.75, 3.05) is 6.54 Å². The fourth-order valence-corrected chi connectivity index (χ4v) is 1.95. The summed E-state index contributed by atoms with van der Waals surface area (Å²) in [5.41, 5.74) is 0.916. The molecule has 7 heteroatoms. The number of halogens is 1. The summed E-state index contributed by atoms with van der Waals surface area (Å²) < 4.78 is 0. The van der Waals surface area contributed by atoms with Gasteiger partial charge in [-0.15, -0.1) is 0 Å². The third-order valence-corrected chi connectivity index (χ3v) is 3.05. The topological polar surface area (TPSA) is 81.9 Å². The first-order valence-corrected chi connectivity index (χ1v) is 6.72. The lowest BCUT2D eigenvalue weighted by Gasteiger charge is -2.18. The van der Waals surface area contributed by atoms with Crippen molar-refractivity contribution >= 4 is 40.6 Å². The zero-order chi connectivity index (χ0) is 15.1. The maximum absolute atomic E-state index is 10.7. The van der Waals surface area contributed by atoms with Crippen molar-refractivity contribution in [3.8, 4) is 0 Å². The summed E-state index contributed by atoms with van der Waals surface area (Å²) >= 11 is 10.5. The Hall–Kier alpha value is -1.30. The molecule has 1 aromatic carbocycles. The van der Waals surface area contributed by atoms with Gasteiger partial charge in [-0.3, -0.25) is 4.79 Å². The van der Waals surface area contributed by atoms with Gasteiger partial charge >= 0.3 is 0 Å². The number of carbonyl (C=O) groups excluding carboxylic acids is 1. The fourth-order valence-electron chi connectivity index (χ4n) is 1.62. The van der Waals surface area contributed by atoms with Crippen LogP contribution in [0.15, 0.2) is 23.2 Å². The molecule has 108 valence electrons. The smallest absolute Gasteiger partial charge is 0.216 e. The van der Waals surface area contributed by atoms with Crippen molar-refractivity contribution in [1.29, 1.82) is 0 Å². The van der Waals surface area contributed by atoms with Crippen molar-refractivity contribution in [3.63, 3.8) is 0 Å². The average molecular weight is 315 g/mol. The number of nitrogens with one attached hydrogen (secondary N) is 1. The molecule has 0 aliphatic heterocycles. The second-order valence-electron chi connectivity index (χ2n) is 4.20. The number of aliphatic hydroxyl groups excluding tert-OH is 2. The highest BCUT2D eigenvalue weighted by Gasteiger charge is 2.19. The largest absolute Gasteiger partial charge is 0.390 e. The van der Waals surface area contributed by atoms with E-state index in [1.807, 2.05) is 0 Å². The van der Waals surface area contributed by atoms with Crippen molar-refractivity contribution in [1.82, 2.24) is 5.32 Å². The van der Waals surface area contributed by atoms with E-state index in [9.17, 15) is 15.0 Å². The van der Waals surface area contributed by atoms with E-state index in [2.05, 4.69) is 27.7 Å². The lowest BCUT2D eigenvalue weighted by Crippen LogP contribution is -2.27. The van der Waals surface area contributed by atoms with Crippen LogP contribution in [0.1, 0.15) is 25.0 Å². The Morgan fingerprint density at radius 3 is 2.80 bits per heavy atom. The molecule has 1 rings (SSSR count). The number of benzene rings is 1. The summed E-state index contributed by atoms with van der Waals surface area (Å²) in [6.45, 7) is 1.67. The molecule has 2 unspecified atom stereocenters. The minimum atomic E-state index is -1.09. The quantitative estimate of drug-likeness (QED) is 0.554. The van der Waals surface area contributed by atoms with Crippen LogP contribution in [0, 0.1) is 0 Å². The molecule has 0 heterocycles. The number of amides is 1. The van der Waals surface area contributed by atoms with Gasteiger partial charge in [-0.05, 0) is 36.3 Å². The number of carbonyl (C=O) groups is 1. The molecule has 0 bridgehead atoms. The van der Waals surface area contributed by atoms with Crippen molar-refractivity contribution in [3.05, 3.63) is 28.8 Å². The van der Waals surface area contributed by atoms with Crippen LogP contribution in [0.4, 0.5) is 5.69 Å². The molecule has 2 atom stereocenters. The number of aliphatic hydroxyl groups is 2. The summed E-state index contributed by atoms with van der Waals surface area (Å²) in [5, 5.41) is 24.9. The molecule has 0 spiro atoms. The highest BCUT2D eigenvalue weighted by atomic mass is 35.5. The normalized spacial score (nSPS) is 13.2. The Morgan fingerprint density at radius 1 is 1.55 bits per heavy atom. The molecule has 0 fully saturated rings. The van der Waals surface area contributed by atoms with Crippen LogP contribution in [0.2, 0.25) is 5.02 Å². The fraction of sp³-hybridized carbons (Fsp3) is 0.385. The van der Waals surface area contributed by atoms with Gasteiger partial charge in [-0.2, -0.15) is 4.99 Å². The van der Waals surface area contributed by atoms with Crippen LogP contribution in [0.25, 0.3) is 0 Å². The molecule has 0 aliphatic rings. The van der Waals surface area contributed by atoms with Crippen molar-refractivity contribution in [2.24, 2.45) is 4.99 Å². The molecule has 0 saturated heterocycles. The Bertz CT molecular complexity index is 532. The third kappa shape index (κ3) is 5.00. The first kappa shape index (κ1) is 16.8. The minimum Gasteiger partial charge on any atom is -0.390 e. The molecular weight excluding hydrogens is 300 g/mol. The van der Waals surface area contributed by atoms with Gasteiger partial charge in [0.15, 0.2) is 0 Å². The summed E-state index contributed by atoms with van der Waals surface area (Å²) in [7, 11) is 0. The predicted octanol–water partition coefficient (Wildman–Crippen LogP) is 1.99. The van der Waals surface area contributed by atoms with Gasteiger partial charge in [-0.25, -0.2) is 0 Å². The first-order chi connectivity index (χ1) is 9.45. The van der Waals surface area contributed by atoms with Crippen LogP contribution in [0.3, 0.4) is 0 Å². The zero-order valence-electron chi connectivity index (χ0n) is 10.8. The first-order valence-electron chi connectivity index (χ1n) is 5.93. The number of hydrogen-bond acceptors (Lipinski definition) is 5. The van der Waals surface area contributed by atoms with Gasteiger partial charge < -0.3 is 15.5 Å². The number of isothiocyanates is 1. The number of nitrogens with zero attached hydrogens (tertiary/aromatic N) is 1. The van der Waals surface area contributed by atoms with E-state index >= 15 is 0 Å². The van der Waals surface area contributed by atoms with Crippen molar-refractivity contribution < 1.29 is 15.0 Å². The molecule has 0 saturated carbocycles. The minimum absolute atomic E-state index is 0.183. The van der Waals surface area contributed by atoms with E-state index in [1.54, 1.807) is 12.1 Å². The van der Waals surface area contributed by atoms with Gasteiger partial charge in [0, 0.05) is 13.5 Å². The number of aliphatic imine (C=N–C) groups is 1. The predicted molar refractivity (Wildman–Crippen MR) is 80.4 cm³/mol. The molecule has 3 N–H and O–H groups in total. The van der Waals surface area contributed by atoms with Crippen LogP contribution in [0.5, 0.6) is 0 Å². The lowest BCUT2D eigenvalue weighted by atomic mass is 10.0. The molecule has 1 aromatic rings. The lowest BCUT2D eigenvalue weighted by molar-refractivity contribution is -0.119. The van der Waals surface area contributed by atoms with Gasteiger partial charge in [0.05, 0.1) is 22.0 Å². The molecular formula is C13H15ClN2O3S. The maximum Gasteiger partial charge on any atom is 0.216 e. The van der Waals surface area contributed by atoms with Crippen LogP contribution in [-0.2, 0) is 4.79 Å². The number of thiocarbonyl (C=S) groups is 1. The van der Waals surface area contributed by atoms with E-state index in [4.69, 9.17) is 11.6 Å². The van der Waals surface area contributed by atoms with E-state index < -0.39 is 12.2 Å². The molecule has 0 aliphatic carbocycles. The third-order valence-electron chi connectivity index (χ3n) is 2.66. The molecule has 0 aromatic heterocycles. The molecule has 20 heavy (non-hydrogen) atoms. The summed E-state index contributed by atoms with van der Waals surface area (Å²) in [6, 6.07) is 4.70. The molecule has 5 nitrogen and oxygen atoms in total. The van der Waals surface area contributed by atoms with E-state index in [1.165, 1.54) is 13.0 Å². The SMILES string of the molecule is CC(=O)NCCC(O)C(O)c1ccc(N=C=S)c(Cl)c1. The number of hydrogen-bond donors (Lipinski definition) is 3. The maximum atomic E-state index is 10.7. The highest BCUT2D eigenvalue weighted by molar-refractivity contribution is 7.78. The van der Waals surface area contributed by atoms with Crippen molar-refractivity contribution in [2.45, 2.75) is 25.6 Å². The average Bonchev–Trinajstić information content (AvgIpc) is 2.40. The molecule has 1 amide bonds. The summed E-state index contributed by atoms with van der Waals surface area (Å²) in [4.78, 5) is 14.5. The molecule has 0 radical (unpaired) electrons. The van der Waals surface area contributed by atoms with Gasteiger partial charge in [0.1, 0.15) is 6.10 Å². The Morgan fingerprint density at radius 2 is 2.25 bits per heavy atom. The van der Waals surface area contributed by atoms with Crippen LogP contribution in [-0.4, -0.2) is 33.9 Å². The standard InChI is InChI=1S/C13H15ClN2O3S/c1-8(17)15-5-4-12(18)13(19)9-2-3-11(16-7-20)10(14)6-9/h2-3,6,12-13,18-19H,4-5H2,1H3,(H,15,17). The Balaban J connectivity index is 2.71. The van der Waals surface area contributed by atoms with Crippen LogP contribution < -0.4 is 5.32 Å². The highest BCUT2D eigenvalue weighted by Crippen LogP contribution is 2.29. The van der Waals surface area contributed by atoms with Gasteiger partial charge in [0.2, 0.25) is 5.91 Å². The zero-order valence-corrected chi connectivity index (χ0v) is 12.4. The second kappa shape index (κ2) is 8.09. The Kier molecular flexibility index (Phi) is 6.78. The summed E-state index contributed by atoms with van der Waals surface area (Å²) in [5.74, 6) is -0.183. The van der Waals surface area contributed by atoms with Crippen LogP contribution >= 0.6 is 23.8 Å². The van der Waals surface area contributed by atoms with E-state index in [0.717, 1.165) is 0 Å². The van der Waals surface area contributed by atoms with Gasteiger partial charge in [-0.1, -0.05) is 17.7 Å². The van der Waals surface area contributed by atoms with E-state index in [-0.39, 0.29) is 18.9 Å². The monoisotopic (exact) mass is 314 g/mol. The van der Waals surface area contributed by atoms with E-state index in [0.29, 0.717) is 16.3 Å². The number of rotatable bonds is 6. The van der Waals surface area contributed by atoms with Gasteiger partial charge in [0.25, 0.3) is 0 Å². The summed E-state index contributed by atoms with van der Waals surface area (Å²) in [6.07, 6.45) is -1.86.